The molecule has 0 radical (unpaired) electrons. The van der Waals surface area contributed by atoms with Crippen LogP contribution < -0.4 is 15.9 Å². The molecule has 1 aromatic carbocycles. The molecule has 4 fully saturated rings. The number of nitrogens with one attached hydrogen (secondary N) is 2. The van der Waals surface area contributed by atoms with Gasteiger partial charge in [0.15, 0.2) is 12.6 Å². The Labute approximate surface area is 456 Å². The van der Waals surface area contributed by atoms with E-state index >= 15 is 0 Å². The summed E-state index contributed by atoms with van der Waals surface area (Å²) in [4.78, 5) is 33.0. The number of hydrogen-bond acceptors (Lipinski definition) is 21. The molecule has 1 aromatic rings. The molecule has 0 aliphatic carbocycles. The fourth-order valence-electron chi connectivity index (χ4n) is 11.8. The van der Waals surface area contributed by atoms with Gasteiger partial charge in [-0.1, -0.05) is 20.8 Å². The van der Waals surface area contributed by atoms with E-state index in [1.54, 1.807) is 65.6 Å². The molecular weight excluding hydrogens is 1020 g/mol. The van der Waals surface area contributed by atoms with Gasteiger partial charge < -0.3 is 73.9 Å². The van der Waals surface area contributed by atoms with Crippen LogP contribution in [0.3, 0.4) is 0 Å². The number of carbonyl (C=O) groups excluding carboxylic acids is 2. The topological polar surface area (TPSA) is 274 Å². The third-order valence-corrected chi connectivity index (χ3v) is 18.5. The van der Waals surface area contributed by atoms with Crippen LogP contribution in [-0.2, 0) is 48.0 Å². The molecule has 7 N–H and O–H groups in total. The van der Waals surface area contributed by atoms with Gasteiger partial charge in [-0.05, 0) is 112 Å². The van der Waals surface area contributed by atoms with Crippen LogP contribution in [0.1, 0.15) is 101 Å². The summed E-state index contributed by atoms with van der Waals surface area (Å²) in [6.45, 7) is 18.9. The summed E-state index contributed by atoms with van der Waals surface area (Å²) >= 11 is 0. The summed E-state index contributed by atoms with van der Waals surface area (Å²) in [6, 6.07) is 5.03. The molecule has 0 unspecified atom stereocenters. The van der Waals surface area contributed by atoms with E-state index in [1.807, 2.05) is 43.9 Å². The third kappa shape index (κ3) is 14.2. The highest BCUT2D eigenvalue weighted by Crippen LogP contribution is 2.40. The second kappa shape index (κ2) is 25.2. The van der Waals surface area contributed by atoms with Gasteiger partial charge in [0.1, 0.15) is 36.1 Å². The normalized spacial score (nSPS) is 40.5. The van der Waals surface area contributed by atoms with Crippen molar-refractivity contribution in [2.24, 2.45) is 17.8 Å². The monoisotopic (exact) mass is 1110 g/mol. The Kier molecular flexibility index (Phi) is 20.6. The maximum Gasteiger partial charge on any atom is 0.414 e. The number of cyclic esters (lactones) is 2. The zero-order valence-electron chi connectivity index (χ0n) is 47.9. The number of rotatable bonds is 15. The molecule has 19 atom stereocenters. The Morgan fingerprint density at radius 1 is 0.896 bits per heavy atom. The Morgan fingerprint density at radius 2 is 1.56 bits per heavy atom. The SMILES string of the molecule is CC[C@H]1OC(=O)[C@H](C)[C@@H](O[C@H]2C[C@@](C)(OC)[C@@H](O)[C@H](C)O2)[C@H](C)[C@@H](O[C@@H]2O[C@H](C)C[C@H](N(C)CCC3=CN(C[C@H]4CN(c5ccc(S(=O)(=O)N(C)C)cc5)C(=O)O4)NN3)[C@H]2O)[C@](C)(O)C[C@@H](C)CN(C)[C@H](C)[C@@H](O)[C@]1(C)O. The first-order valence-electron chi connectivity index (χ1n) is 27.1. The molecule has 0 bridgehead atoms. The van der Waals surface area contributed by atoms with Crippen molar-refractivity contribution in [3.05, 3.63) is 36.2 Å². The van der Waals surface area contributed by atoms with Gasteiger partial charge in [-0.3, -0.25) is 14.7 Å². The maximum absolute atomic E-state index is 14.5. The fourth-order valence-corrected chi connectivity index (χ4v) is 12.7. The number of aliphatic hydroxyl groups excluding tert-OH is 3. The van der Waals surface area contributed by atoms with Crippen molar-refractivity contribution in [2.45, 2.75) is 203 Å². The standard InChI is InChI=1S/C53H91N7O16S/c1-16-41-53(10,67)45(62)34(6)58(14)26-30(2)24-51(8,66)47(32(4)44(33(5)48(64)74-41)75-42-25-52(9,70-15)46(63)35(7)72-42)76-49-43(61)40(23-31(3)71-49)57(13)22-21-36-27-59(55-54-36)28-38-29-60(50(65)73-38)37-17-19-39(20-18-37)77(68,69)56(11)12/h17-20,27,30-35,38,40-47,49,54-55,61-63,66-67H,16,21-26,28-29H2,1-15H3/t30-,31-,32+,33-,34-,35+,38+,40+,41-,42+,43-,44+,45-,46+,47-,49+,51-,52-,53-/m1/s1. The number of anilines is 1. The van der Waals surface area contributed by atoms with Crippen LogP contribution in [0.4, 0.5) is 10.5 Å². The highest BCUT2D eigenvalue weighted by Gasteiger charge is 2.53. The first-order chi connectivity index (χ1) is 35.8. The van der Waals surface area contributed by atoms with E-state index in [-0.39, 0.29) is 36.6 Å². The van der Waals surface area contributed by atoms with E-state index in [4.69, 9.17) is 33.2 Å². The largest absolute Gasteiger partial charge is 0.459 e. The molecule has 0 aromatic heterocycles. The molecule has 0 spiro atoms. The molecule has 5 aliphatic rings. The predicted octanol–water partition coefficient (Wildman–Crippen LogP) is 2.10. The van der Waals surface area contributed by atoms with Gasteiger partial charge in [-0.15, -0.1) is 5.53 Å². The van der Waals surface area contributed by atoms with Crippen LogP contribution in [0.2, 0.25) is 0 Å². The molecule has 440 valence electrons. The highest BCUT2D eigenvalue weighted by atomic mass is 32.2. The number of carbonyl (C=O) groups is 2. The van der Waals surface area contributed by atoms with Gasteiger partial charge in [-0.25, -0.2) is 17.5 Å². The van der Waals surface area contributed by atoms with Crippen LogP contribution in [0.5, 0.6) is 0 Å². The fraction of sp³-hybridized carbons (Fsp3) is 0.811. The van der Waals surface area contributed by atoms with E-state index in [0.717, 1.165) is 10.0 Å². The van der Waals surface area contributed by atoms with E-state index in [2.05, 4.69) is 11.0 Å². The first-order valence-corrected chi connectivity index (χ1v) is 28.6. The molecule has 5 aliphatic heterocycles. The van der Waals surface area contributed by atoms with Crippen LogP contribution in [-0.4, -0.2) is 223 Å². The lowest BCUT2D eigenvalue weighted by Crippen LogP contribution is -2.61. The summed E-state index contributed by atoms with van der Waals surface area (Å²) in [5.74, 6) is -2.88. The molecule has 77 heavy (non-hydrogen) atoms. The Balaban J connectivity index is 1.20. The quantitative estimate of drug-likeness (QED) is 0.124. The zero-order valence-corrected chi connectivity index (χ0v) is 48.7. The van der Waals surface area contributed by atoms with Crippen molar-refractivity contribution in [3.8, 4) is 0 Å². The lowest BCUT2D eigenvalue weighted by atomic mass is 9.77. The molecule has 6 rings (SSSR count). The first kappa shape index (κ1) is 62.9. The average Bonchev–Trinajstić information content (AvgIpc) is 3.98. The van der Waals surface area contributed by atoms with Crippen LogP contribution >= 0.6 is 0 Å². The van der Waals surface area contributed by atoms with Crippen molar-refractivity contribution in [2.75, 3.05) is 66.4 Å². The van der Waals surface area contributed by atoms with Crippen molar-refractivity contribution in [1.29, 1.82) is 0 Å². The van der Waals surface area contributed by atoms with Crippen LogP contribution in [0.15, 0.2) is 41.1 Å². The van der Waals surface area contributed by atoms with Gasteiger partial charge >= 0.3 is 12.1 Å². The van der Waals surface area contributed by atoms with Crippen LogP contribution in [0.25, 0.3) is 0 Å². The Hall–Kier alpha value is -3.31. The molecule has 1 amide bonds. The van der Waals surface area contributed by atoms with E-state index in [9.17, 15) is 43.5 Å². The second-order valence-corrected chi connectivity index (χ2v) is 25.5. The number of hydrogen-bond donors (Lipinski definition) is 7. The maximum atomic E-state index is 14.5. The number of aliphatic hydroxyl groups is 5. The number of hydrazine groups is 2. The minimum absolute atomic E-state index is 0.0819. The average molecular weight is 1110 g/mol. The molecular formula is C53H91N7O16S. The van der Waals surface area contributed by atoms with Crippen molar-refractivity contribution >= 4 is 27.8 Å². The Bertz CT molecular complexity index is 2280. The molecule has 5 heterocycles. The molecule has 0 saturated carbocycles. The number of methoxy groups -OCH3 is 1. The number of likely N-dealkylation sites (N-methyl/N-ethyl adjacent to an activating group) is 2. The zero-order chi connectivity index (χ0) is 57.3. The summed E-state index contributed by atoms with van der Waals surface area (Å²) < 4.78 is 70.2. The minimum Gasteiger partial charge on any atom is -0.459 e. The molecule has 4 saturated heterocycles. The summed E-state index contributed by atoms with van der Waals surface area (Å²) in [6.07, 6.45) is -8.05. The minimum atomic E-state index is -3.63. The van der Waals surface area contributed by atoms with Crippen molar-refractivity contribution < 1.29 is 76.7 Å². The van der Waals surface area contributed by atoms with Gasteiger partial charge in [-0.2, -0.15) is 0 Å². The van der Waals surface area contributed by atoms with E-state index < -0.39 is 130 Å². The number of sulfonamides is 1. The van der Waals surface area contributed by atoms with Gasteiger partial charge in [0.05, 0.1) is 59.5 Å². The predicted molar refractivity (Wildman–Crippen MR) is 284 cm³/mol. The Morgan fingerprint density at radius 3 is 2.18 bits per heavy atom. The number of ether oxygens (including phenoxy) is 7. The van der Waals surface area contributed by atoms with Gasteiger partial charge in [0, 0.05) is 82.7 Å². The van der Waals surface area contributed by atoms with Crippen molar-refractivity contribution in [3.63, 3.8) is 0 Å². The molecule has 23 nitrogen and oxygen atoms in total. The lowest BCUT2D eigenvalue weighted by Gasteiger charge is -2.49. The van der Waals surface area contributed by atoms with E-state index in [1.165, 1.54) is 45.2 Å². The second-order valence-electron chi connectivity index (χ2n) is 23.4. The van der Waals surface area contributed by atoms with E-state index in [0.29, 0.717) is 38.2 Å². The van der Waals surface area contributed by atoms with Crippen molar-refractivity contribution in [1.82, 2.24) is 30.1 Å². The summed E-state index contributed by atoms with van der Waals surface area (Å²) in [7, 11) is 4.50. The van der Waals surface area contributed by atoms with Gasteiger partial charge in [0.25, 0.3) is 0 Å². The van der Waals surface area contributed by atoms with Crippen LogP contribution in [0, 0.1) is 17.8 Å². The number of benzene rings is 1. The third-order valence-electron chi connectivity index (χ3n) is 16.7. The lowest BCUT2D eigenvalue weighted by molar-refractivity contribution is -0.318. The number of amides is 1. The number of esters is 1. The molecule has 24 heteroatoms. The smallest absolute Gasteiger partial charge is 0.414 e. The summed E-state index contributed by atoms with van der Waals surface area (Å²) in [5.41, 5.74) is 3.05. The summed E-state index contributed by atoms with van der Waals surface area (Å²) in [5, 5.41) is 61.6. The highest BCUT2D eigenvalue weighted by molar-refractivity contribution is 7.89. The van der Waals surface area contributed by atoms with Gasteiger partial charge in [0.2, 0.25) is 10.0 Å². The number of nitrogens with zero attached hydrogens (tertiary/aromatic N) is 5.